The number of carbonyl (C=O) groups excluding carboxylic acids is 2. The molecule has 1 heterocycles. The predicted octanol–water partition coefficient (Wildman–Crippen LogP) is 4.75. The van der Waals surface area contributed by atoms with Crippen LogP contribution in [0.5, 0.6) is 0 Å². The monoisotopic (exact) mass is 440 g/mol. The Morgan fingerprint density at radius 1 is 0.967 bits per heavy atom. The van der Waals surface area contributed by atoms with Gasteiger partial charge < -0.3 is 18.6 Å². The molecule has 6 nitrogen and oxygen atoms in total. The molecule has 2 saturated carbocycles. The number of esters is 2. The molecule has 0 unspecified atom stereocenters. The molecule has 0 amide bonds. The minimum atomic E-state index is -2.00. The van der Waals surface area contributed by atoms with E-state index in [9.17, 15) is 9.59 Å². The van der Waals surface area contributed by atoms with Gasteiger partial charge in [0.05, 0.1) is 6.10 Å². The molecule has 30 heavy (non-hydrogen) atoms. The summed E-state index contributed by atoms with van der Waals surface area (Å²) in [5, 5.41) is 0.103. The number of ether oxygens (including phenoxy) is 3. The van der Waals surface area contributed by atoms with Gasteiger partial charge in [-0.2, -0.15) is 0 Å². The van der Waals surface area contributed by atoms with E-state index >= 15 is 0 Å². The highest BCUT2D eigenvalue weighted by molar-refractivity contribution is 6.74. The minimum Gasteiger partial charge on any atom is -0.463 e. The average Bonchev–Trinajstić information content (AvgIpc) is 3.24. The number of carbonyl (C=O) groups is 2. The maximum Gasteiger partial charge on any atom is 0.303 e. The van der Waals surface area contributed by atoms with Crippen LogP contribution in [0.2, 0.25) is 18.1 Å². The maximum atomic E-state index is 12.0. The number of hydrogen-bond donors (Lipinski definition) is 0. The molecule has 6 atom stereocenters. The lowest BCUT2D eigenvalue weighted by Gasteiger charge is -2.48. The van der Waals surface area contributed by atoms with Gasteiger partial charge in [-0.1, -0.05) is 27.7 Å². The molecule has 0 aromatic heterocycles. The van der Waals surface area contributed by atoms with E-state index in [1.54, 1.807) is 0 Å². The molecule has 3 rings (SSSR count). The standard InChI is InChI=1S/C23H40O6Si/c1-15(24)26-17-10-11-19(27-16(2)25)23-21(6,14-17)13-12-18(22(23,7)29-23)28-30(8,9)20(3,4)5/h17-19H,10-14H2,1-9H3/t17-,18+,19-,21-,22+,23-/m0/s1. The molecule has 1 aliphatic heterocycles. The second kappa shape index (κ2) is 7.31. The normalized spacial score (nSPS) is 41.2. The molecule has 7 heteroatoms. The molecule has 3 fully saturated rings. The Hall–Kier alpha value is -0.923. The van der Waals surface area contributed by atoms with Crippen LogP contribution < -0.4 is 0 Å². The van der Waals surface area contributed by atoms with Crippen LogP contribution in [-0.2, 0) is 28.2 Å². The average molecular weight is 441 g/mol. The van der Waals surface area contributed by atoms with Crippen molar-refractivity contribution in [2.24, 2.45) is 5.41 Å². The Labute approximate surface area is 182 Å². The summed E-state index contributed by atoms with van der Waals surface area (Å²) in [5.41, 5.74) is -1.38. The lowest BCUT2D eigenvalue weighted by atomic mass is 9.59. The molecule has 0 N–H and O–H groups in total. The van der Waals surface area contributed by atoms with Gasteiger partial charge in [0.25, 0.3) is 0 Å². The Balaban J connectivity index is 1.96. The third-order valence-corrected chi connectivity index (χ3v) is 12.8. The highest BCUT2D eigenvalue weighted by Crippen LogP contribution is 2.71. The van der Waals surface area contributed by atoms with E-state index in [-0.39, 0.29) is 40.7 Å². The van der Waals surface area contributed by atoms with Gasteiger partial charge in [0.15, 0.2) is 8.32 Å². The molecule has 172 valence electrons. The zero-order valence-electron chi connectivity index (χ0n) is 20.2. The summed E-state index contributed by atoms with van der Waals surface area (Å²) >= 11 is 0. The van der Waals surface area contributed by atoms with E-state index in [0.717, 1.165) is 12.8 Å². The third kappa shape index (κ3) is 3.64. The van der Waals surface area contributed by atoms with Crippen LogP contribution in [0, 0.1) is 5.41 Å². The third-order valence-electron chi connectivity index (χ3n) is 8.30. The molecule has 3 aliphatic rings. The Kier molecular flexibility index (Phi) is 5.78. The van der Waals surface area contributed by atoms with E-state index in [2.05, 4.69) is 47.7 Å². The molecule has 1 saturated heterocycles. The van der Waals surface area contributed by atoms with Crippen LogP contribution in [0.25, 0.3) is 0 Å². The molecular formula is C23H40O6Si. The van der Waals surface area contributed by atoms with Crippen molar-refractivity contribution in [2.75, 3.05) is 0 Å². The highest BCUT2D eigenvalue weighted by atomic mass is 28.4. The molecular weight excluding hydrogens is 400 g/mol. The van der Waals surface area contributed by atoms with Crippen molar-refractivity contribution >= 4 is 20.3 Å². The summed E-state index contributed by atoms with van der Waals surface area (Å²) in [6, 6.07) is 0. The predicted molar refractivity (Wildman–Crippen MR) is 117 cm³/mol. The molecule has 0 aromatic carbocycles. The van der Waals surface area contributed by atoms with Crippen molar-refractivity contribution in [2.45, 2.75) is 128 Å². The molecule has 0 bridgehead atoms. The largest absolute Gasteiger partial charge is 0.463 e. The van der Waals surface area contributed by atoms with Gasteiger partial charge in [-0.25, -0.2) is 0 Å². The van der Waals surface area contributed by atoms with Crippen molar-refractivity contribution < 1.29 is 28.2 Å². The number of rotatable bonds is 4. The zero-order valence-corrected chi connectivity index (χ0v) is 21.2. The number of hydrogen-bond acceptors (Lipinski definition) is 6. The van der Waals surface area contributed by atoms with Crippen LogP contribution in [0.15, 0.2) is 0 Å². The van der Waals surface area contributed by atoms with E-state index in [1.165, 1.54) is 13.8 Å². The van der Waals surface area contributed by atoms with Crippen molar-refractivity contribution in [3.8, 4) is 0 Å². The van der Waals surface area contributed by atoms with E-state index in [4.69, 9.17) is 18.6 Å². The fraction of sp³-hybridized carbons (Fsp3) is 0.913. The highest BCUT2D eigenvalue weighted by Gasteiger charge is 2.84. The fourth-order valence-electron chi connectivity index (χ4n) is 5.80. The fourth-order valence-corrected chi connectivity index (χ4v) is 7.21. The van der Waals surface area contributed by atoms with E-state index in [1.807, 2.05) is 0 Å². The van der Waals surface area contributed by atoms with Crippen LogP contribution in [0.1, 0.15) is 80.6 Å². The van der Waals surface area contributed by atoms with Crippen LogP contribution in [0.3, 0.4) is 0 Å². The summed E-state index contributed by atoms with van der Waals surface area (Å²) in [5.74, 6) is -0.564. The van der Waals surface area contributed by atoms with Crippen LogP contribution in [0.4, 0.5) is 0 Å². The van der Waals surface area contributed by atoms with Gasteiger partial charge in [0, 0.05) is 19.3 Å². The second-order valence-corrected chi connectivity index (χ2v) is 16.3. The first kappa shape index (κ1) is 23.7. The first-order valence-electron chi connectivity index (χ1n) is 11.3. The van der Waals surface area contributed by atoms with Crippen molar-refractivity contribution in [1.29, 1.82) is 0 Å². The Bertz CT molecular complexity index is 715. The Morgan fingerprint density at radius 2 is 1.57 bits per heavy atom. The smallest absolute Gasteiger partial charge is 0.303 e. The molecule has 2 aliphatic carbocycles. The van der Waals surface area contributed by atoms with Crippen molar-refractivity contribution in [3.05, 3.63) is 0 Å². The van der Waals surface area contributed by atoms with Gasteiger partial charge in [0.2, 0.25) is 0 Å². The summed E-state index contributed by atoms with van der Waals surface area (Å²) in [4.78, 5) is 23.6. The lowest BCUT2D eigenvalue weighted by Crippen LogP contribution is -2.59. The number of epoxide rings is 1. The Morgan fingerprint density at radius 3 is 2.10 bits per heavy atom. The van der Waals surface area contributed by atoms with E-state index < -0.39 is 19.5 Å². The quantitative estimate of drug-likeness (QED) is 0.357. The van der Waals surface area contributed by atoms with Crippen molar-refractivity contribution in [1.82, 2.24) is 0 Å². The van der Waals surface area contributed by atoms with Crippen LogP contribution >= 0.6 is 0 Å². The first-order valence-corrected chi connectivity index (χ1v) is 14.2. The summed E-state index contributed by atoms with van der Waals surface area (Å²) in [6.07, 6.45) is 3.20. The topological polar surface area (TPSA) is 74.4 Å². The van der Waals surface area contributed by atoms with E-state index in [0.29, 0.717) is 19.3 Å². The summed E-state index contributed by atoms with van der Waals surface area (Å²) in [7, 11) is -2.00. The lowest BCUT2D eigenvalue weighted by molar-refractivity contribution is -0.155. The van der Waals surface area contributed by atoms with Crippen LogP contribution in [-0.4, -0.2) is 49.8 Å². The van der Waals surface area contributed by atoms with Gasteiger partial charge in [-0.15, -0.1) is 0 Å². The summed E-state index contributed by atoms with van der Waals surface area (Å²) < 4.78 is 25.0. The maximum absolute atomic E-state index is 12.0. The second-order valence-electron chi connectivity index (χ2n) is 11.5. The van der Waals surface area contributed by atoms with Gasteiger partial charge in [0.1, 0.15) is 23.4 Å². The van der Waals surface area contributed by atoms with Gasteiger partial charge in [-0.3, -0.25) is 9.59 Å². The zero-order chi connectivity index (χ0) is 22.8. The van der Waals surface area contributed by atoms with Gasteiger partial charge >= 0.3 is 11.9 Å². The molecule has 1 spiro atoms. The minimum absolute atomic E-state index is 0.0326. The van der Waals surface area contributed by atoms with Gasteiger partial charge in [-0.05, 0) is 57.2 Å². The summed E-state index contributed by atoms with van der Waals surface area (Å²) in [6.45, 7) is 18.5. The molecule has 0 aromatic rings. The SMILES string of the molecule is CC(=O)O[C@H]1CC[C@H](OC(C)=O)[C@@]23O[C@]2(C)[C@H](O[Si](C)(C)C(C)(C)C)CC[C@@]3(C)C1. The molecule has 0 radical (unpaired) electrons. The first-order chi connectivity index (χ1) is 13.6. The van der Waals surface area contributed by atoms with Crippen molar-refractivity contribution in [3.63, 3.8) is 0 Å².